The molecule has 1 aromatic carbocycles. The highest BCUT2D eigenvalue weighted by Crippen LogP contribution is 2.36. The van der Waals surface area contributed by atoms with Crippen molar-refractivity contribution in [2.45, 2.75) is 18.2 Å². The average molecular weight is 392 g/mol. The van der Waals surface area contributed by atoms with Crippen molar-refractivity contribution in [3.63, 3.8) is 0 Å². The number of methoxy groups -OCH3 is 1. The molecule has 1 unspecified atom stereocenters. The number of halogens is 2. The van der Waals surface area contributed by atoms with Gasteiger partial charge in [0, 0.05) is 10.0 Å². The quantitative estimate of drug-likeness (QED) is 0.700. The molecule has 0 N–H and O–H groups in total. The first-order valence-corrected chi connectivity index (χ1v) is 7.99. The fourth-order valence-corrected chi connectivity index (χ4v) is 3.31. The molecule has 1 atom stereocenters. The van der Waals surface area contributed by atoms with Gasteiger partial charge in [-0.25, -0.2) is 0 Å². The highest BCUT2D eigenvalue weighted by atomic mass is 79.9. The van der Waals surface area contributed by atoms with E-state index in [-0.39, 0.29) is 4.83 Å². The first-order chi connectivity index (χ1) is 8.65. The van der Waals surface area contributed by atoms with Gasteiger partial charge < -0.3 is 4.74 Å². The highest BCUT2D eigenvalue weighted by molar-refractivity contribution is 9.10. The Balaban J connectivity index is 2.39. The number of hydrogen-bond acceptors (Lipinski definition) is 4. The second-order valence-corrected chi connectivity index (χ2v) is 6.64. The zero-order valence-corrected chi connectivity index (χ0v) is 14.0. The van der Waals surface area contributed by atoms with Crippen molar-refractivity contribution < 1.29 is 4.74 Å². The number of benzene rings is 1. The van der Waals surface area contributed by atoms with Crippen LogP contribution >= 0.6 is 43.2 Å². The molecule has 0 spiro atoms. The second-order valence-electron chi connectivity index (χ2n) is 3.67. The van der Waals surface area contributed by atoms with Crippen LogP contribution < -0.4 is 4.74 Å². The van der Waals surface area contributed by atoms with Gasteiger partial charge in [0.05, 0.1) is 11.9 Å². The fraction of sp³-hybridized carbons (Fsp3) is 0.333. The number of hydrogen-bond donors (Lipinski definition) is 0. The Kier molecular flexibility index (Phi) is 4.75. The van der Waals surface area contributed by atoms with Crippen LogP contribution in [0.4, 0.5) is 0 Å². The Morgan fingerprint density at radius 1 is 1.39 bits per heavy atom. The van der Waals surface area contributed by atoms with Gasteiger partial charge in [-0.15, -0.1) is 10.2 Å². The van der Waals surface area contributed by atoms with Gasteiger partial charge in [0.1, 0.15) is 15.8 Å². The van der Waals surface area contributed by atoms with Crippen molar-refractivity contribution in [2.24, 2.45) is 0 Å². The van der Waals surface area contributed by atoms with E-state index < -0.39 is 0 Å². The van der Waals surface area contributed by atoms with Gasteiger partial charge >= 0.3 is 0 Å². The van der Waals surface area contributed by atoms with Crippen molar-refractivity contribution in [1.29, 1.82) is 0 Å². The van der Waals surface area contributed by atoms with Crippen molar-refractivity contribution in [3.05, 3.63) is 27.7 Å². The number of ether oxygens (including phenoxy) is 1. The summed E-state index contributed by atoms with van der Waals surface area (Å²) in [5.41, 5.74) is 1.01. The van der Waals surface area contributed by atoms with E-state index in [1.54, 1.807) is 18.4 Å². The summed E-state index contributed by atoms with van der Waals surface area (Å²) in [4.78, 5) is 0.271. The standard InChI is InChI=1S/C12H12Br2N2OS/c1-3-9(13)12-16-15-11(18-12)8-6-7(17-2)4-5-10(8)14/h4-6,9H,3H2,1-2H3. The van der Waals surface area contributed by atoms with Gasteiger partial charge in [-0.2, -0.15) is 0 Å². The average Bonchev–Trinajstić information content (AvgIpc) is 2.88. The fourth-order valence-electron chi connectivity index (χ4n) is 1.44. The largest absolute Gasteiger partial charge is 0.497 e. The zero-order chi connectivity index (χ0) is 13.1. The minimum Gasteiger partial charge on any atom is -0.497 e. The van der Waals surface area contributed by atoms with E-state index in [1.165, 1.54) is 0 Å². The van der Waals surface area contributed by atoms with E-state index in [4.69, 9.17) is 4.74 Å². The molecule has 3 nitrogen and oxygen atoms in total. The van der Waals surface area contributed by atoms with Crippen LogP contribution in [0.5, 0.6) is 5.75 Å². The topological polar surface area (TPSA) is 35.0 Å². The summed E-state index contributed by atoms with van der Waals surface area (Å²) in [7, 11) is 1.66. The third-order valence-corrected chi connectivity index (χ3v) is 5.62. The monoisotopic (exact) mass is 390 g/mol. The zero-order valence-electron chi connectivity index (χ0n) is 9.98. The van der Waals surface area contributed by atoms with Crippen LogP contribution in [0.3, 0.4) is 0 Å². The summed E-state index contributed by atoms with van der Waals surface area (Å²) in [5, 5.41) is 10.4. The molecule has 0 aliphatic carbocycles. The maximum atomic E-state index is 5.23. The van der Waals surface area contributed by atoms with Gasteiger partial charge in [-0.3, -0.25) is 0 Å². The smallest absolute Gasteiger partial charge is 0.149 e. The SMILES string of the molecule is CCC(Br)c1nnc(-c2cc(OC)ccc2Br)s1. The summed E-state index contributed by atoms with van der Waals surface area (Å²) < 4.78 is 6.23. The lowest BCUT2D eigenvalue weighted by molar-refractivity contribution is 0.415. The van der Waals surface area contributed by atoms with E-state index in [1.807, 2.05) is 18.2 Å². The third kappa shape index (κ3) is 2.92. The van der Waals surface area contributed by atoms with Gasteiger partial charge in [-0.05, 0) is 24.6 Å². The maximum Gasteiger partial charge on any atom is 0.149 e. The molecule has 1 heterocycles. The number of rotatable bonds is 4. The molecule has 0 amide bonds. The van der Waals surface area contributed by atoms with Crippen LogP contribution in [-0.4, -0.2) is 17.3 Å². The number of alkyl halides is 1. The molecule has 0 aliphatic rings. The highest BCUT2D eigenvalue weighted by Gasteiger charge is 2.15. The summed E-state index contributed by atoms with van der Waals surface area (Å²) >= 11 is 8.72. The molecular weight excluding hydrogens is 380 g/mol. The van der Waals surface area contributed by atoms with Crippen molar-refractivity contribution in [3.8, 4) is 16.3 Å². The molecular formula is C12H12Br2N2OS. The van der Waals surface area contributed by atoms with Gasteiger partial charge in [0.2, 0.25) is 0 Å². The molecule has 0 fully saturated rings. The van der Waals surface area contributed by atoms with Crippen molar-refractivity contribution >= 4 is 43.2 Å². The normalized spacial score (nSPS) is 12.4. The predicted molar refractivity (Wildman–Crippen MR) is 81.6 cm³/mol. The molecule has 18 heavy (non-hydrogen) atoms. The van der Waals surface area contributed by atoms with Crippen LogP contribution in [0.15, 0.2) is 22.7 Å². The minimum atomic E-state index is 0.271. The Hall–Kier alpha value is -0.460. The molecule has 2 aromatic rings. The first kappa shape index (κ1) is 14.0. The number of nitrogens with zero attached hydrogens (tertiary/aromatic N) is 2. The molecule has 6 heteroatoms. The summed E-state index contributed by atoms with van der Waals surface area (Å²) in [5.74, 6) is 0.816. The maximum absolute atomic E-state index is 5.23. The van der Waals surface area contributed by atoms with E-state index in [2.05, 4.69) is 49.0 Å². The van der Waals surface area contributed by atoms with Gasteiger partial charge in [0.15, 0.2) is 0 Å². The minimum absolute atomic E-state index is 0.271. The van der Waals surface area contributed by atoms with Gasteiger partial charge in [0.25, 0.3) is 0 Å². The lowest BCUT2D eigenvalue weighted by atomic mass is 10.2. The summed E-state index contributed by atoms with van der Waals surface area (Å²) in [6.07, 6.45) is 0.994. The van der Waals surface area contributed by atoms with Crippen LogP contribution in [0.25, 0.3) is 10.6 Å². The summed E-state index contributed by atoms with van der Waals surface area (Å²) in [6.45, 7) is 2.11. The Labute approximate surface area is 127 Å². The van der Waals surface area contributed by atoms with E-state index >= 15 is 0 Å². The van der Waals surface area contributed by atoms with Gasteiger partial charge in [-0.1, -0.05) is 50.1 Å². The Morgan fingerprint density at radius 2 is 2.17 bits per heavy atom. The van der Waals surface area contributed by atoms with Crippen LogP contribution in [-0.2, 0) is 0 Å². The predicted octanol–water partition coefficient (Wildman–Crippen LogP) is 4.82. The first-order valence-electron chi connectivity index (χ1n) is 5.47. The second kappa shape index (κ2) is 6.12. The van der Waals surface area contributed by atoms with Crippen LogP contribution in [0.2, 0.25) is 0 Å². The Morgan fingerprint density at radius 3 is 2.83 bits per heavy atom. The molecule has 0 bridgehead atoms. The third-order valence-electron chi connectivity index (χ3n) is 2.47. The van der Waals surface area contributed by atoms with Crippen LogP contribution in [0, 0.1) is 0 Å². The van der Waals surface area contributed by atoms with E-state index in [9.17, 15) is 0 Å². The van der Waals surface area contributed by atoms with Crippen molar-refractivity contribution in [1.82, 2.24) is 10.2 Å². The van der Waals surface area contributed by atoms with Crippen LogP contribution in [0.1, 0.15) is 23.2 Å². The molecule has 0 saturated heterocycles. The van der Waals surface area contributed by atoms with E-state index in [0.717, 1.165) is 32.2 Å². The molecule has 0 aliphatic heterocycles. The summed E-state index contributed by atoms with van der Waals surface area (Å²) in [6, 6.07) is 5.83. The molecule has 1 aromatic heterocycles. The Bertz CT molecular complexity index is 545. The molecule has 0 saturated carbocycles. The molecule has 2 rings (SSSR count). The number of aromatic nitrogens is 2. The lowest BCUT2D eigenvalue weighted by Crippen LogP contribution is -1.85. The molecule has 96 valence electrons. The molecule has 0 radical (unpaired) electrons. The van der Waals surface area contributed by atoms with Crippen molar-refractivity contribution in [2.75, 3.05) is 7.11 Å². The lowest BCUT2D eigenvalue weighted by Gasteiger charge is -2.04. The van der Waals surface area contributed by atoms with E-state index in [0.29, 0.717) is 0 Å².